The van der Waals surface area contributed by atoms with E-state index in [0.29, 0.717) is 71.5 Å². The molecule has 6 atom stereocenters. The number of aromatic hydroxyl groups is 1. The molecule has 1 unspecified atom stereocenters. The van der Waals surface area contributed by atoms with Crippen molar-refractivity contribution in [3.8, 4) is 45.9 Å². The molecule has 0 saturated carbocycles. The number of amides is 1. The molecule has 15 nitrogen and oxygen atoms in total. The van der Waals surface area contributed by atoms with E-state index in [9.17, 15) is 20.0 Å². The number of hydrogen-bond acceptors (Lipinski definition) is 15. The smallest absolute Gasteiger partial charge is 0.408 e. The van der Waals surface area contributed by atoms with Gasteiger partial charge >= 0.3 is 12.1 Å². The second-order valence-corrected chi connectivity index (χ2v) is 20.1. The number of nitriles is 1. The number of carbonyl (C=O) groups is 2. The number of benzene rings is 4. The molecule has 0 radical (unpaired) electrons. The molecule has 4 heterocycles. The molecule has 68 heavy (non-hydrogen) atoms. The molecule has 16 heteroatoms. The number of methoxy groups -OCH3 is 2. The van der Waals surface area contributed by atoms with E-state index in [1.165, 1.54) is 22.3 Å². The zero-order valence-electron chi connectivity index (χ0n) is 39.9. The Hall–Kier alpha value is -5.70. The number of alkyl carbamates (subject to hydrolysis) is 1. The summed E-state index contributed by atoms with van der Waals surface area (Å²) < 4.78 is 47.6. The Kier molecular flexibility index (Phi) is 13.5. The van der Waals surface area contributed by atoms with Gasteiger partial charge < -0.3 is 48.3 Å². The maximum absolute atomic E-state index is 14.7. The normalized spacial score (nSPS) is 21.6. The predicted octanol–water partition coefficient (Wildman–Crippen LogP) is 7.50. The number of esters is 1. The van der Waals surface area contributed by atoms with Crippen LogP contribution in [0.5, 0.6) is 28.7 Å². The summed E-state index contributed by atoms with van der Waals surface area (Å²) in [6.45, 7) is 9.45. The molecule has 2 bridgehead atoms. The van der Waals surface area contributed by atoms with Crippen LogP contribution in [-0.4, -0.2) is 123 Å². The van der Waals surface area contributed by atoms with E-state index in [2.05, 4.69) is 51.5 Å². The Morgan fingerprint density at radius 3 is 2.35 bits per heavy atom. The number of hydrogen-bond donors (Lipinski definition) is 2. The number of thioether (sulfide) groups is 1. The third-order valence-corrected chi connectivity index (χ3v) is 15.0. The molecule has 1 amide bonds. The summed E-state index contributed by atoms with van der Waals surface area (Å²) in [5.41, 5.74) is 8.57. The van der Waals surface area contributed by atoms with Gasteiger partial charge in [0.2, 0.25) is 6.79 Å². The monoisotopic (exact) mass is 948 g/mol. The first-order chi connectivity index (χ1) is 32.8. The van der Waals surface area contributed by atoms with Gasteiger partial charge in [0, 0.05) is 58.9 Å². The number of piperazine rings is 1. The van der Waals surface area contributed by atoms with Crippen LogP contribution in [0.2, 0.25) is 0 Å². The predicted molar refractivity (Wildman–Crippen MR) is 255 cm³/mol. The van der Waals surface area contributed by atoms with Crippen LogP contribution in [0.25, 0.3) is 11.1 Å². The van der Waals surface area contributed by atoms with Crippen LogP contribution in [-0.2, 0) is 36.6 Å². The number of carbonyl (C=O) groups excluding carboxylic acids is 2. The topological polar surface area (TPSA) is 171 Å². The maximum atomic E-state index is 14.7. The third kappa shape index (κ3) is 8.57. The van der Waals surface area contributed by atoms with Crippen molar-refractivity contribution >= 4 is 23.8 Å². The molecule has 1 saturated heterocycles. The van der Waals surface area contributed by atoms with E-state index in [4.69, 9.17) is 37.9 Å². The Morgan fingerprint density at radius 2 is 1.68 bits per heavy atom. The highest BCUT2D eigenvalue weighted by Crippen LogP contribution is 2.58. The molecule has 1 fully saturated rings. The van der Waals surface area contributed by atoms with Gasteiger partial charge in [-0.2, -0.15) is 17.0 Å². The maximum Gasteiger partial charge on any atom is 0.408 e. The van der Waals surface area contributed by atoms with Gasteiger partial charge in [0.05, 0.1) is 38.5 Å². The van der Waals surface area contributed by atoms with Gasteiger partial charge in [-0.15, -0.1) is 0 Å². The molecule has 9 rings (SSSR count). The minimum atomic E-state index is -1.09. The van der Waals surface area contributed by atoms with Crippen molar-refractivity contribution in [2.45, 2.75) is 95.2 Å². The van der Waals surface area contributed by atoms with Crippen LogP contribution >= 0.6 is 11.8 Å². The average molecular weight is 949 g/mol. The number of phenolic OH excluding ortho intramolecular Hbond substituents is 1. The van der Waals surface area contributed by atoms with Crippen molar-refractivity contribution in [2.75, 3.05) is 66.2 Å². The van der Waals surface area contributed by atoms with Crippen LogP contribution in [0, 0.1) is 25.2 Å². The highest BCUT2D eigenvalue weighted by Gasteiger charge is 2.57. The fraction of sp³-hybridized carbons (Fsp3) is 0.481. The van der Waals surface area contributed by atoms with E-state index >= 15 is 0 Å². The van der Waals surface area contributed by atoms with Gasteiger partial charge in [0.15, 0.2) is 29.8 Å². The molecule has 4 aromatic rings. The standard InChI is InChI=1S/C52H60N4O11S/c1-28-19-30-20-38-40(22-53)56-39(44(55(38)6)42(30)48(46(28)61-8)64-26-62-18-17-60-7)21-35-43(49-47(65-27-66-49)29(2)45(35)57)41(56)23-63-50(58)37(54-51(59)67-52(3,4)5)25-68-24-36-33-15-11-9-13-31(33)32-14-10-12-16-34(32)36/h9-16,19,36-41,44,57H,17-18,20-21,23-27H2,1-8H3,(H,54,59)/t37-,38+,39?,40+,41+,44+/m1/s1. The number of fused-ring (bicyclic) bond motifs is 12. The lowest BCUT2D eigenvalue weighted by Gasteiger charge is -2.59. The van der Waals surface area contributed by atoms with E-state index in [1.807, 2.05) is 38.2 Å². The summed E-state index contributed by atoms with van der Waals surface area (Å²) in [6, 6.07) is 17.8. The molecule has 360 valence electrons. The Labute approximate surface area is 401 Å². The third-order valence-electron chi connectivity index (χ3n) is 13.9. The van der Waals surface area contributed by atoms with Crippen LogP contribution in [0.3, 0.4) is 0 Å². The van der Waals surface area contributed by atoms with E-state index in [-0.39, 0.29) is 49.7 Å². The molecular formula is C52H60N4O11S. The van der Waals surface area contributed by atoms with Crippen molar-refractivity contribution < 1.29 is 52.6 Å². The molecule has 0 spiro atoms. The number of rotatable bonds is 15. The largest absolute Gasteiger partial charge is 0.507 e. The van der Waals surface area contributed by atoms with E-state index < -0.39 is 41.8 Å². The quantitative estimate of drug-likeness (QED) is 0.0682. The van der Waals surface area contributed by atoms with Crippen molar-refractivity contribution in [2.24, 2.45) is 0 Å². The second-order valence-electron chi connectivity index (χ2n) is 19.0. The van der Waals surface area contributed by atoms with Gasteiger partial charge in [-0.3, -0.25) is 9.80 Å². The molecule has 2 N–H and O–H groups in total. The minimum Gasteiger partial charge on any atom is -0.507 e. The Bertz CT molecular complexity index is 2580. The zero-order valence-corrected chi connectivity index (χ0v) is 40.7. The first-order valence-corrected chi connectivity index (χ1v) is 24.3. The number of phenols is 1. The molecule has 5 aliphatic rings. The minimum absolute atomic E-state index is 0.0480. The number of nitrogens with zero attached hydrogens (tertiary/aromatic N) is 3. The fourth-order valence-corrected chi connectivity index (χ4v) is 12.2. The SMILES string of the molecule is COCCOCOc1c(OC)c(C)cc2c1[C@@H]1C3Cc4c(O)c(C)c5c(c4[C@H](COC(=O)[C@@H](CSCC4c6ccccc6-c6ccccc64)NC(=O)OC(C)(C)C)N3[C@@H](C#N)[C@H](C2)N1C)OCO5. The van der Waals surface area contributed by atoms with Gasteiger partial charge in [-0.05, 0) is 87.9 Å². The van der Waals surface area contributed by atoms with Crippen molar-refractivity contribution in [3.63, 3.8) is 0 Å². The summed E-state index contributed by atoms with van der Waals surface area (Å²) in [5, 5.41) is 26.1. The van der Waals surface area contributed by atoms with Crippen LogP contribution < -0.4 is 24.3 Å². The van der Waals surface area contributed by atoms with Crippen LogP contribution in [0.15, 0.2) is 54.6 Å². The molecule has 1 aliphatic carbocycles. The highest BCUT2D eigenvalue weighted by molar-refractivity contribution is 7.99. The molecule has 4 aromatic carbocycles. The molecular weight excluding hydrogens is 889 g/mol. The van der Waals surface area contributed by atoms with Gasteiger partial charge in [0.25, 0.3) is 0 Å². The summed E-state index contributed by atoms with van der Waals surface area (Å²) in [6.07, 6.45) is 0.0853. The van der Waals surface area contributed by atoms with Crippen molar-refractivity contribution in [1.29, 1.82) is 5.26 Å². The number of ether oxygens (including phenoxy) is 8. The number of aryl methyl sites for hydroxylation is 1. The summed E-state index contributed by atoms with van der Waals surface area (Å²) in [7, 11) is 5.24. The van der Waals surface area contributed by atoms with Gasteiger partial charge in [-0.25, -0.2) is 9.59 Å². The first kappa shape index (κ1) is 47.4. The number of likely N-dealkylation sites (N-methyl/N-ethyl adjacent to an activating group) is 1. The van der Waals surface area contributed by atoms with Gasteiger partial charge in [0.1, 0.15) is 30.0 Å². The lowest BCUT2D eigenvalue weighted by molar-refractivity contribution is -0.151. The lowest BCUT2D eigenvalue weighted by atomic mass is 9.71. The van der Waals surface area contributed by atoms with E-state index in [0.717, 1.165) is 16.7 Å². The molecule has 0 aromatic heterocycles. The van der Waals surface area contributed by atoms with Crippen LogP contribution in [0.1, 0.15) is 83.3 Å². The van der Waals surface area contributed by atoms with Crippen LogP contribution in [0.4, 0.5) is 4.79 Å². The van der Waals surface area contributed by atoms with Crippen molar-refractivity contribution in [3.05, 3.63) is 99.1 Å². The first-order valence-electron chi connectivity index (χ1n) is 23.1. The zero-order chi connectivity index (χ0) is 48.0. The second kappa shape index (κ2) is 19.4. The Morgan fingerprint density at radius 1 is 0.971 bits per heavy atom. The summed E-state index contributed by atoms with van der Waals surface area (Å²) >= 11 is 1.55. The Balaban J connectivity index is 1.06. The number of nitrogens with one attached hydrogen (secondary N) is 1. The van der Waals surface area contributed by atoms with E-state index in [1.54, 1.807) is 53.7 Å². The summed E-state index contributed by atoms with van der Waals surface area (Å²) in [4.78, 5) is 32.4. The van der Waals surface area contributed by atoms with Gasteiger partial charge in [-0.1, -0.05) is 54.6 Å². The van der Waals surface area contributed by atoms with Crippen molar-refractivity contribution in [1.82, 2.24) is 15.1 Å². The lowest BCUT2D eigenvalue weighted by Crippen LogP contribution is -2.68. The summed E-state index contributed by atoms with van der Waals surface area (Å²) in [5.74, 6) is 2.30. The molecule has 4 aliphatic heterocycles. The highest BCUT2D eigenvalue weighted by atomic mass is 32.2. The fourth-order valence-electron chi connectivity index (χ4n) is 11.0. The average Bonchev–Trinajstić information content (AvgIpc) is 3.93.